The first-order chi connectivity index (χ1) is 15.0. The van der Waals surface area contributed by atoms with Gasteiger partial charge in [0, 0.05) is 38.7 Å². The van der Waals surface area contributed by atoms with Gasteiger partial charge >= 0.3 is 0 Å². The number of methoxy groups -OCH3 is 2. The molecule has 0 spiro atoms. The number of hydrogen-bond donors (Lipinski definition) is 0. The highest BCUT2D eigenvalue weighted by Crippen LogP contribution is 2.25. The lowest BCUT2D eigenvalue weighted by molar-refractivity contribution is -0.143. The first-order valence-corrected chi connectivity index (χ1v) is 11.4. The van der Waals surface area contributed by atoms with E-state index in [1.54, 1.807) is 14.2 Å². The van der Waals surface area contributed by atoms with Crippen LogP contribution in [0.5, 0.6) is 5.75 Å². The van der Waals surface area contributed by atoms with Crippen molar-refractivity contribution in [2.45, 2.75) is 45.8 Å². The highest BCUT2D eigenvalue weighted by molar-refractivity contribution is 5.93. The molecule has 1 amide bonds. The molecule has 7 nitrogen and oxygen atoms in total. The number of benzene rings is 1. The molecule has 1 fully saturated rings. The fourth-order valence-corrected chi connectivity index (χ4v) is 4.28. The summed E-state index contributed by atoms with van der Waals surface area (Å²) in [5.74, 6) is 1.77. The highest BCUT2D eigenvalue weighted by Gasteiger charge is 2.34. The second kappa shape index (κ2) is 11.5. The van der Waals surface area contributed by atoms with E-state index in [9.17, 15) is 4.79 Å². The number of ether oxygens (including phenoxy) is 2. The lowest BCUT2D eigenvalue weighted by atomic mass is 9.95. The number of rotatable bonds is 10. The monoisotopic (exact) mass is 431 g/mol. The normalized spacial score (nSPS) is 19.9. The van der Waals surface area contributed by atoms with Crippen molar-refractivity contribution in [2.75, 3.05) is 47.0 Å². The topological polar surface area (TPSA) is 63.6 Å². The quantitative estimate of drug-likeness (QED) is 0.569. The second-order valence-electron chi connectivity index (χ2n) is 8.84. The first kappa shape index (κ1) is 23.5. The molecule has 0 aliphatic carbocycles. The van der Waals surface area contributed by atoms with Crippen molar-refractivity contribution in [1.82, 2.24) is 9.80 Å². The van der Waals surface area contributed by atoms with Crippen molar-refractivity contribution >= 4 is 11.6 Å². The molecular weight excluding hydrogens is 394 g/mol. The lowest BCUT2D eigenvalue weighted by Gasteiger charge is -2.35. The van der Waals surface area contributed by atoms with Crippen LogP contribution < -0.4 is 4.74 Å². The van der Waals surface area contributed by atoms with Gasteiger partial charge in [0.15, 0.2) is 0 Å². The predicted octanol–water partition coefficient (Wildman–Crippen LogP) is 3.18. The zero-order valence-corrected chi connectivity index (χ0v) is 19.4. The van der Waals surface area contributed by atoms with Gasteiger partial charge in [-0.05, 0) is 43.8 Å². The second-order valence-corrected chi connectivity index (χ2v) is 8.84. The smallest absolute Gasteiger partial charge is 0.266 e. The van der Waals surface area contributed by atoms with E-state index in [2.05, 4.69) is 36.0 Å². The third-order valence-electron chi connectivity index (χ3n) is 6.28. The van der Waals surface area contributed by atoms with Gasteiger partial charge in [0.2, 0.25) is 6.10 Å². The minimum atomic E-state index is -0.486. The van der Waals surface area contributed by atoms with Gasteiger partial charge in [0.05, 0.1) is 19.4 Å². The molecule has 0 unspecified atom stereocenters. The Hall–Kier alpha value is -2.12. The lowest BCUT2D eigenvalue weighted by Crippen LogP contribution is -2.45. The fourth-order valence-electron chi connectivity index (χ4n) is 4.28. The summed E-state index contributed by atoms with van der Waals surface area (Å²) < 4.78 is 10.7. The Morgan fingerprint density at radius 3 is 2.65 bits per heavy atom. The van der Waals surface area contributed by atoms with Crippen molar-refractivity contribution in [1.29, 1.82) is 0 Å². The summed E-state index contributed by atoms with van der Waals surface area (Å²) in [4.78, 5) is 23.0. The highest BCUT2D eigenvalue weighted by atomic mass is 16.6. The third kappa shape index (κ3) is 6.43. The zero-order chi connectivity index (χ0) is 22.2. The summed E-state index contributed by atoms with van der Waals surface area (Å²) in [6.45, 7) is 8.98. The van der Waals surface area contributed by atoms with Crippen LogP contribution in [-0.4, -0.2) is 74.5 Å². The van der Waals surface area contributed by atoms with Gasteiger partial charge in [0.25, 0.3) is 5.91 Å². The molecule has 2 heterocycles. The van der Waals surface area contributed by atoms with Crippen LogP contribution in [0, 0.1) is 11.8 Å². The molecule has 1 atom stereocenters. The molecule has 0 bridgehead atoms. The largest absolute Gasteiger partial charge is 0.496 e. The SMILES string of the molecule is COCCN(CC1CCN(Cc2ccccc2OC)CC1)C(=O)[C@H]1CC(C(C)C)=NO1. The van der Waals surface area contributed by atoms with Gasteiger partial charge < -0.3 is 19.2 Å². The van der Waals surface area contributed by atoms with Crippen molar-refractivity contribution in [3.8, 4) is 5.75 Å². The van der Waals surface area contributed by atoms with Crippen molar-refractivity contribution in [3.05, 3.63) is 29.8 Å². The van der Waals surface area contributed by atoms with E-state index in [0.29, 0.717) is 31.4 Å². The van der Waals surface area contributed by atoms with Crippen LogP contribution in [0.2, 0.25) is 0 Å². The summed E-state index contributed by atoms with van der Waals surface area (Å²) in [6.07, 6.45) is 2.26. The summed E-state index contributed by atoms with van der Waals surface area (Å²) >= 11 is 0. The molecule has 1 aromatic carbocycles. The standard InChI is InChI=1S/C24H37N3O4/c1-18(2)21-15-23(31-25-21)24(28)27(13-14-29-3)16-19-9-11-26(12-10-19)17-20-7-5-6-8-22(20)30-4/h5-8,18-19,23H,9-17H2,1-4H3/t23-/m1/s1. The summed E-state index contributed by atoms with van der Waals surface area (Å²) in [7, 11) is 3.39. The van der Waals surface area contributed by atoms with Gasteiger partial charge in [-0.25, -0.2) is 0 Å². The van der Waals surface area contributed by atoms with Gasteiger partial charge in [0.1, 0.15) is 5.75 Å². The number of oxime groups is 1. The van der Waals surface area contributed by atoms with Crippen LogP contribution in [0.3, 0.4) is 0 Å². The third-order valence-corrected chi connectivity index (χ3v) is 6.28. The molecular formula is C24H37N3O4. The molecule has 0 radical (unpaired) electrons. The molecule has 0 saturated carbocycles. The van der Waals surface area contributed by atoms with Gasteiger partial charge in [-0.2, -0.15) is 0 Å². The van der Waals surface area contributed by atoms with Gasteiger partial charge in [-0.15, -0.1) is 0 Å². The minimum absolute atomic E-state index is 0.0351. The van der Waals surface area contributed by atoms with E-state index in [1.807, 2.05) is 17.0 Å². The molecule has 1 aromatic rings. The predicted molar refractivity (Wildman–Crippen MR) is 121 cm³/mol. The Bertz CT molecular complexity index is 744. The number of amides is 1. The number of para-hydroxylation sites is 1. The Labute approximate surface area is 186 Å². The summed E-state index contributed by atoms with van der Waals surface area (Å²) in [5.41, 5.74) is 2.19. The van der Waals surface area contributed by atoms with Crippen molar-refractivity contribution < 1.29 is 19.1 Å². The average molecular weight is 432 g/mol. The molecule has 3 rings (SSSR count). The molecule has 31 heavy (non-hydrogen) atoms. The van der Waals surface area contributed by atoms with E-state index in [-0.39, 0.29) is 5.91 Å². The van der Waals surface area contributed by atoms with Crippen LogP contribution in [-0.2, 0) is 20.9 Å². The van der Waals surface area contributed by atoms with Crippen LogP contribution in [0.15, 0.2) is 29.4 Å². The Morgan fingerprint density at radius 2 is 2.00 bits per heavy atom. The molecule has 172 valence electrons. The number of piperidine rings is 1. The van der Waals surface area contributed by atoms with E-state index >= 15 is 0 Å². The Kier molecular flexibility index (Phi) is 8.72. The number of likely N-dealkylation sites (tertiary alicyclic amines) is 1. The number of carbonyl (C=O) groups excluding carboxylic acids is 1. The van der Waals surface area contributed by atoms with E-state index < -0.39 is 6.10 Å². The molecule has 2 aliphatic rings. The molecule has 1 saturated heterocycles. The van der Waals surface area contributed by atoms with Gasteiger partial charge in [-0.1, -0.05) is 37.2 Å². The fraction of sp³-hybridized carbons (Fsp3) is 0.667. The maximum absolute atomic E-state index is 13.1. The van der Waals surface area contributed by atoms with Crippen LogP contribution in [0.25, 0.3) is 0 Å². The first-order valence-electron chi connectivity index (χ1n) is 11.4. The molecule has 7 heteroatoms. The van der Waals surface area contributed by atoms with Crippen molar-refractivity contribution in [2.24, 2.45) is 17.0 Å². The van der Waals surface area contributed by atoms with E-state index in [1.165, 1.54) is 5.56 Å². The van der Waals surface area contributed by atoms with Gasteiger partial charge in [-0.3, -0.25) is 9.69 Å². The summed E-state index contributed by atoms with van der Waals surface area (Å²) in [6, 6.07) is 8.21. The Balaban J connectivity index is 1.51. The van der Waals surface area contributed by atoms with Crippen LogP contribution in [0.1, 0.15) is 38.7 Å². The average Bonchev–Trinajstić information content (AvgIpc) is 3.28. The summed E-state index contributed by atoms with van der Waals surface area (Å²) in [5, 5.41) is 4.13. The number of nitrogens with zero attached hydrogens (tertiary/aromatic N) is 3. The van der Waals surface area contributed by atoms with E-state index in [4.69, 9.17) is 14.3 Å². The molecule has 2 aliphatic heterocycles. The minimum Gasteiger partial charge on any atom is -0.496 e. The number of hydrogen-bond acceptors (Lipinski definition) is 6. The maximum atomic E-state index is 13.1. The van der Waals surface area contributed by atoms with Crippen LogP contribution >= 0.6 is 0 Å². The van der Waals surface area contributed by atoms with Crippen LogP contribution in [0.4, 0.5) is 0 Å². The molecule has 0 N–H and O–H groups in total. The Morgan fingerprint density at radius 1 is 1.26 bits per heavy atom. The zero-order valence-electron chi connectivity index (χ0n) is 19.4. The number of carbonyl (C=O) groups is 1. The van der Waals surface area contributed by atoms with Crippen molar-refractivity contribution in [3.63, 3.8) is 0 Å². The van der Waals surface area contributed by atoms with E-state index in [0.717, 1.165) is 50.5 Å². The molecule has 0 aromatic heterocycles. The maximum Gasteiger partial charge on any atom is 0.266 e.